The molecule has 110 valence electrons. The molecule has 0 aromatic carbocycles. The first-order chi connectivity index (χ1) is 9.54. The van der Waals surface area contributed by atoms with Gasteiger partial charge in [0.2, 0.25) is 5.91 Å². The summed E-state index contributed by atoms with van der Waals surface area (Å²) in [4.78, 5) is 14.4. The monoisotopic (exact) mass is 274 g/mol. The van der Waals surface area contributed by atoms with E-state index in [4.69, 9.17) is 0 Å². The van der Waals surface area contributed by atoms with Gasteiger partial charge in [-0.15, -0.1) is 6.58 Å². The molecule has 20 heavy (non-hydrogen) atoms. The lowest BCUT2D eigenvalue weighted by molar-refractivity contribution is -0.138. The Hall–Kier alpha value is -1.30. The van der Waals surface area contributed by atoms with Gasteiger partial charge >= 0.3 is 0 Å². The van der Waals surface area contributed by atoms with Gasteiger partial charge in [0.1, 0.15) is 6.04 Å². The van der Waals surface area contributed by atoms with Crippen molar-refractivity contribution in [2.24, 2.45) is 17.3 Å². The van der Waals surface area contributed by atoms with Crippen molar-refractivity contribution in [1.82, 2.24) is 4.90 Å². The lowest BCUT2D eigenvalue weighted by atomic mass is 9.74. The summed E-state index contributed by atoms with van der Waals surface area (Å²) in [6.45, 7) is 5.98. The summed E-state index contributed by atoms with van der Waals surface area (Å²) in [6, 6.07) is 2.05. The van der Waals surface area contributed by atoms with E-state index in [0.29, 0.717) is 5.92 Å². The number of rotatable bonds is 6. The maximum absolute atomic E-state index is 12.7. The van der Waals surface area contributed by atoms with Crippen LogP contribution in [0.25, 0.3) is 0 Å². The molecule has 3 nitrogen and oxygen atoms in total. The molecule has 3 heteroatoms. The third-order valence-corrected chi connectivity index (χ3v) is 5.39. The van der Waals surface area contributed by atoms with Gasteiger partial charge in [-0.1, -0.05) is 38.7 Å². The van der Waals surface area contributed by atoms with Crippen molar-refractivity contribution in [3.8, 4) is 6.07 Å². The highest BCUT2D eigenvalue weighted by molar-refractivity contribution is 5.80. The number of hydrogen-bond acceptors (Lipinski definition) is 2. The number of allylic oxidation sites excluding steroid dienone is 1. The lowest BCUT2D eigenvalue weighted by Gasteiger charge is -2.35. The van der Waals surface area contributed by atoms with Crippen LogP contribution in [0, 0.1) is 28.6 Å². The van der Waals surface area contributed by atoms with Crippen LogP contribution in [-0.4, -0.2) is 23.9 Å². The fourth-order valence-electron chi connectivity index (χ4n) is 3.52. The quantitative estimate of drug-likeness (QED) is 0.696. The molecule has 0 N–H and O–H groups in total. The summed E-state index contributed by atoms with van der Waals surface area (Å²) in [6.07, 6.45) is 9.71. The second kappa shape index (κ2) is 5.99. The van der Waals surface area contributed by atoms with E-state index in [0.717, 1.165) is 19.3 Å². The van der Waals surface area contributed by atoms with Crippen molar-refractivity contribution < 1.29 is 4.79 Å². The Labute approximate surface area is 122 Å². The smallest absolute Gasteiger partial charge is 0.227 e. The normalized spacial score (nSPS) is 23.6. The van der Waals surface area contributed by atoms with Crippen molar-refractivity contribution in [2.45, 2.75) is 57.9 Å². The lowest BCUT2D eigenvalue weighted by Crippen LogP contribution is -2.44. The van der Waals surface area contributed by atoms with Crippen LogP contribution in [0.4, 0.5) is 0 Å². The van der Waals surface area contributed by atoms with Gasteiger partial charge in [0.05, 0.1) is 6.07 Å². The van der Waals surface area contributed by atoms with Gasteiger partial charge in [-0.2, -0.15) is 5.26 Å². The maximum atomic E-state index is 12.7. The molecule has 0 aliphatic heterocycles. The highest BCUT2D eigenvalue weighted by Gasteiger charge is 2.42. The predicted octanol–water partition coefficient (Wildman–Crippen LogP) is 3.52. The molecule has 0 heterocycles. The minimum atomic E-state index is -0.263. The zero-order valence-electron chi connectivity index (χ0n) is 12.8. The third kappa shape index (κ3) is 2.90. The summed E-state index contributed by atoms with van der Waals surface area (Å²) < 4.78 is 0. The predicted molar refractivity (Wildman–Crippen MR) is 79.8 cm³/mol. The Morgan fingerprint density at radius 3 is 2.55 bits per heavy atom. The van der Waals surface area contributed by atoms with Gasteiger partial charge in [0.15, 0.2) is 0 Å². The van der Waals surface area contributed by atoms with Crippen molar-refractivity contribution in [3.05, 3.63) is 12.7 Å². The minimum Gasteiger partial charge on any atom is -0.329 e. The van der Waals surface area contributed by atoms with Crippen LogP contribution in [0.5, 0.6) is 0 Å². The Bertz CT molecular complexity index is 413. The van der Waals surface area contributed by atoms with Crippen molar-refractivity contribution in [3.63, 3.8) is 0 Å². The van der Waals surface area contributed by atoms with E-state index in [1.807, 2.05) is 13.0 Å². The zero-order chi connectivity index (χ0) is 14.8. The Morgan fingerprint density at radius 2 is 2.10 bits per heavy atom. The molecule has 2 aliphatic carbocycles. The fraction of sp³-hybridized carbons (Fsp3) is 0.765. The molecule has 0 saturated heterocycles. The summed E-state index contributed by atoms with van der Waals surface area (Å²) in [7, 11) is 1.79. The van der Waals surface area contributed by atoms with Crippen molar-refractivity contribution >= 4 is 5.91 Å². The molecular weight excluding hydrogens is 248 g/mol. The molecule has 1 amide bonds. The van der Waals surface area contributed by atoms with Crippen molar-refractivity contribution in [2.75, 3.05) is 7.05 Å². The number of amides is 1. The molecule has 0 radical (unpaired) electrons. The standard InChI is InChI=1S/C17H26N2O/c1-4-17(9-5-6-10-17)13(2)16(20)19(3)15(12-18)11-14-7-8-14/h4,13-15H,1,5-11H2,2-3H3/t13-,15?/m1/s1. The molecule has 0 aromatic rings. The van der Waals surface area contributed by atoms with E-state index in [-0.39, 0.29) is 23.3 Å². The zero-order valence-corrected chi connectivity index (χ0v) is 12.8. The number of nitrogens with zero attached hydrogens (tertiary/aromatic N) is 2. The SMILES string of the molecule is C=CC1([C@H](C)C(=O)N(C)C(C#N)CC2CC2)CCCC1. The van der Waals surface area contributed by atoms with Crippen LogP contribution >= 0.6 is 0 Å². The summed E-state index contributed by atoms with van der Waals surface area (Å²) in [5.74, 6) is 0.701. The Morgan fingerprint density at radius 1 is 1.50 bits per heavy atom. The molecule has 2 saturated carbocycles. The van der Waals surface area contributed by atoms with Crippen LogP contribution < -0.4 is 0 Å². The maximum Gasteiger partial charge on any atom is 0.227 e. The highest BCUT2D eigenvalue weighted by atomic mass is 16.2. The second-order valence-corrected chi connectivity index (χ2v) is 6.64. The van der Waals surface area contributed by atoms with Crippen LogP contribution in [0.2, 0.25) is 0 Å². The van der Waals surface area contributed by atoms with Crippen molar-refractivity contribution in [1.29, 1.82) is 5.26 Å². The first-order valence-corrected chi connectivity index (χ1v) is 7.84. The summed E-state index contributed by atoms with van der Waals surface area (Å²) in [5.41, 5.74) is -0.0507. The van der Waals surface area contributed by atoms with Gasteiger partial charge in [-0.3, -0.25) is 4.79 Å². The number of carbonyl (C=O) groups excluding carboxylic acids is 1. The molecule has 2 aliphatic rings. The summed E-state index contributed by atoms with van der Waals surface area (Å²) in [5, 5.41) is 9.33. The average Bonchev–Trinajstić information content (AvgIpc) is 3.16. The molecule has 2 fully saturated rings. The van der Waals surface area contributed by atoms with Crippen LogP contribution in [0.1, 0.15) is 51.9 Å². The Kier molecular flexibility index (Phi) is 4.52. The molecule has 0 aromatic heterocycles. The molecule has 2 atom stereocenters. The molecule has 0 bridgehead atoms. The van der Waals surface area contributed by atoms with Crippen LogP contribution in [0.15, 0.2) is 12.7 Å². The van der Waals surface area contributed by atoms with Gasteiger partial charge in [0, 0.05) is 13.0 Å². The largest absolute Gasteiger partial charge is 0.329 e. The van der Waals surface area contributed by atoms with Gasteiger partial charge in [-0.05, 0) is 30.6 Å². The van der Waals surface area contributed by atoms with Crippen LogP contribution in [-0.2, 0) is 4.79 Å². The second-order valence-electron chi connectivity index (χ2n) is 6.64. The van der Waals surface area contributed by atoms with E-state index in [1.165, 1.54) is 25.7 Å². The first kappa shape index (κ1) is 15.1. The topological polar surface area (TPSA) is 44.1 Å². The van der Waals surface area contributed by atoms with E-state index in [1.54, 1.807) is 11.9 Å². The number of carbonyl (C=O) groups is 1. The average molecular weight is 274 g/mol. The minimum absolute atomic E-state index is 0.0507. The molecular formula is C17H26N2O. The Balaban J connectivity index is 2.04. The molecule has 2 rings (SSSR count). The molecule has 0 spiro atoms. The van der Waals surface area contributed by atoms with E-state index in [2.05, 4.69) is 12.6 Å². The fourth-order valence-corrected chi connectivity index (χ4v) is 3.52. The van der Waals surface area contributed by atoms with E-state index >= 15 is 0 Å². The highest BCUT2D eigenvalue weighted by Crippen LogP contribution is 2.46. The van der Waals surface area contributed by atoms with E-state index < -0.39 is 0 Å². The third-order valence-electron chi connectivity index (χ3n) is 5.39. The molecule has 1 unspecified atom stereocenters. The summed E-state index contributed by atoms with van der Waals surface area (Å²) >= 11 is 0. The van der Waals surface area contributed by atoms with Gasteiger partial charge in [-0.25, -0.2) is 0 Å². The number of hydrogen-bond donors (Lipinski definition) is 0. The van der Waals surface area contributed by atoms with Gasteiger partial charge < -0.3 is 4.90 Å². The van der Waals surface area contributed by atoms with E-state index in [9.17, 15) is 10.1 Å². The van der Waals surface area contributed by atoms with Crippen LogP contribution in [0.3, 0.4) is 0 Å². The first-order valence-electron chi connectivity index (χ1n) is 7.84. The van der Waals surface area contributed by atoms with Gasteiger partial charge in [0.25, 0.3) is 0 Å². The number of nitriles is 1.